The maximum Gasteiger partial charge on any atom is 0.328 e. The van der Waals surface area contributed by atoms with E-state index in [9.17, 15) is 18.0 Å². The molecule has 7 nitrogen and oxygen atoms in total. The fourth-order valence-electron chi connectivity index (χ4n) is 2.13. The van der Waals surface area contributed by atoms with Gasteiger partial charge in [0.05, 0.1) is 4.90 Å². The number of sulfonamides is 1. The van der Waals surface area contributed by atoms with Crippen molar-refractivity contribution in [2.75, 3.05) is 13.1 Å². The van der Waals surface area contributed by atoms with E-state index in [0.29, 0.717) is 18.7 Å². The number of hydrogen-bond acceptors (Lipinski definition) is 4. The molecule has 0 atom stereocenters. The normalized spacial score (nSPS) is 12.2. The zero-order chi connectivity index (χ0) is 18.7. The molecule has 0 spiro atoms. The summed E-state index contributed by atoms with van der Waals surface area (Å²) in [6, 6.07) is 4.30. The average Bonchev–Trinajstić information content (AvgIpc) is 2.47. The molecule has 2 N–H and O–H groups in total. The predicted molar refractivity (Wildman–Crippen MR) is 90.5 cm³/mol. The molecule has 0 heterocycles. The van der Waals surface area contributed by atoms with E-state index in [1.807, 2.05) is 0 Å². The fourth-order valence-corrected chi connectivity index (χ4v) is 3.84. The Labute approximate surface area is 142 Å². The van der Waals surface area contributed by atoms with Crippen molar-refractivity contribution in [1.82, 2.24) is 9.62 Å². The van der Waals surface area contributed by atoms with Crippen LogP contribution < -0.4 is 5.32 Å². The fraction of sp³-hybridized carbons (Fsp3) is 0.500. The van der Waals surface area contributed by atoms with Crippen LogP contribution >= 0.6 is 0 Å². The van der Waals surface area contributed by atoms with Gasteiger partial charge in [0.15, 0.2) is 0 Å². The maximum absolute atomic E-state index is 12.7. The second-order valence-corrected chi connectivity index (χ2v) is 7.86. The monoisotopic (exact) mass is 356 g/mol. The van der Waals surface area contributed by atoms with Gasteiger partial charge in [-0.2, -0.15) is 4.31 Å². The third kappa shape index (κ3) is 4.12. The summed E-state index contributed by atoms with van der Waals surface area (Å²) in [5.74, 6) is -1.82. The molecule has 134 valence electrons. The Balaban J connectivity index is 3.29. The van der Waals surface area contributed by atoms with Gasteiger partial charge >= 0.3 is 5.97 Å². The lowest BCUT2D eigenvalue weighted by Crippen LogP contribution is -2.49. The molecule has 0 bridgehead atoms. The molecule has 1 rings (SSSR count). The molecule has 8 heteroatoms. The van der Waals surface area contributed by atoms with E-state index in [-0.39, 0.29) is 10.5 Å². The van der Waals surface area contributed by atoms with Crippen LogP contribution in [0.1, 0.15) is 43.6 Å². The summed E-state index contributed by atoms with van der Waals surface area (Å²) in [7, 11) is -3.71. The van der Waals surface area contributed by atoms with Crippen LogP contribution in [0.15, 0.2) is 23.1 Å². The maximum atomic E-state index is 12.7. The summed E-state index contributed by atoms with van der Waals surface area (Å²) in [5, 5.41) is 11.5. The highest BCUT2D eigenvalue weighted by atomic mass is 32.2. The molecule has 0 radical (unpaired) electrons. The number of aliphatic carboxylic acids is 1. The molecular formula is C16H24N2O5S. The highest BCUT2D eigenvalue weighted by Gasteiger charge is 2.30. The SMILES string of the molecule is CCN(CC)S(=O)(=O)c1cc(C(=O)NC(C)(C)C(=O)O)ccc1C. The molecule has 0 unspecified atom stereocenters. The lowest BCUT2D eigenvalue weighted by atomic mass is 10.0. The zero-order valence-electron chi connectivity index (χ0n) is 14.6. The van der Waals surface area contributed by atoms with E-state index in [1.165, 1.54) is 30.3 Å². The molecule has 0 aliphatic rings. The van der Waals surface area contributed by atoms with E-state index in [4.69, 9.17) is 5.11 Å². The number of carboxylic acids is 1. The third-order valence-electron chi connectivity index (χ3n) is 3.73. The van der Waals surface area contributed by atoms with Gasteiger partial charge in [0.1, 0.15) is 5.54 Å². The van der Waals surface area contributed by atoms with Crippen molar-refractivity contribution in [2.24, 2.45) is 0 Å². The summed E-state index contributed by atoms with van der Waals surface area (Å²) < 4.78 is 26.7. The summed E-state index contributed by atoms with van der Waals surface area (Å²) in [5.41, 5.74) is -0.837. The molecule has 0 fully saturated rings. The molecular weight excluding hydrogens is 332 g/mol. The van der Waals surface area contributed by atoms with Crippen LogP contribution in [0.3, 0.4) is 0 Å². The van der Waals surface area contributed by atoms with E-state index in [1.54, 1.807) is 26.8 Å². The summed E-state index contributed by atoms with van der Waals surface area (Å²) in [6.07, 6.45) is 0. The lowest BCUT2D eigenvalue weighted by molar-refractivity contribution is -0.143. The van der Waals surface area contributed by atoms with Gasteiger partial charge in [0.25, 0.3) is 5.91 Å². The summed E-state index contributed by atoms with van der Waals surface area (Å²) in [4.78, 5) is 23.4. The Morgan fingerprint density at radius 1 is 1.21 bits per heavy atom. The Morgan fingerprint density at radius 3 is 2.21 bits per heavy atom. The van der Waals surface area contributed by atoms with Crippen molar-refractivity contribution in [3.05, 3.63) is 29.3 Å². The predicted octanol–water partition coefficient (Wildman–Crippen LogP) is 1.62. The molecule has 1 aromatic carbocycles. The molecule has 0 aromatic heterocycles. The van der Waals surface area contributed by atoms with Crippen molar-refractivity contribution in [3.8, 4) is 0 Å². The van der Waals surface area contributed by atoms with Crippen LogP contribution in [0.4, 0.5) is 0 Å². The molecule has 1 aromatic rings. The molecule has 0 saturated carbocycles. The first-order chi connectivity index (χ1) is 11.0. The first-order valence-electron chi connectivity index (χ1n) is 7.64. The van der Waals surface area contributed by atoms with Crippen LogP contribution in [0, 0.1) is 6.92 Å². The minimum atomic E-state index is -3.71. The number of aryl methyl sites for hydroxylation is 1. The number of carboxylic acid groups (broad SMARTS) is 1. The van der Waals surface area contributed by atoms with Crippen molar-refractivity contribution >= 4 is 21.9 Å². The Kier molecular flexibility index (Phi) is 6.13. The Morgan fingerprint density at radius 2 is 1.75 bits per heavy atom. The molecule has 1 amide bonds. The van der Waals surface area contributed by atoms with Crippen molar-refractivity contribution in [3.63, 3.8) is 0 Å². The minimum Gasteiger partial charge on any atom is -0.480 e. The number of carbonyl (C=O) groups is 2. The molecule has 24 heavy (non-hydrogen) atoms. The Hall–Kier alpha value is -1.93. The largest absolute Gasteiger partial charge is 0.480 e. The second kappa shape index (κ2) is 7.31. The number of nitrogens with zero attached hydrogens (tertiary/aromatic N) is 1. The lowest BCUT2D eigenvalue weighted by Gasteiger charge is -2.22. The number of amides is 1. The van der Waals surface area contributed by atoms with Gasteiger partial charge in [-0.05, 0) is 38.5 Å². The second-order valence-electron chi connectivity index (χ2n) is 5.95. The van der Waals surface area contributed by atoms with E-state index in [2.05, 4.69) is 5.32 Å². The zero-order valence-corrected chi connectivity index (χ0v) is 15.4. The summed E-state index contributed by atoms with van der Waals surface area (Å²) in [6.45, 7) is 8.48. The van der Waals surface area contributed by atoms with Gasteiger partial charge in [-0.1, -0.05) is 19.9 Å². The molecule has 0 saturated heterocycles. The Bertz CT molecular complexity index is 737. The quantitative estimate of drug-likeness (QED) is 0.772. The first-order valence-corrected chi connectivity index (χ1v) is 9.08. The number of benzene rings is 1. The molecule has 0 aliphatic carbocycles. The van der Waals surface area contributed by atoms with Crippen LogP contribution in [0.2, 0.25) is 0 Å². The van der Waals surface area contributed by atoms with Crippen LogP contribution in [-0.4, -0.2) is 48.3 Å². The number of nitrogens with one attached hydrogen (secondary N) is 1. The van der Waals surface area contributed by atoms with Gasteiger partial charge in [-0.25, -0.2) is 13.2 Å². The average molecular weight is 356 g/mol. The third-order valence-corrected chi connectivity index (χ3v) is 5.93. The van der Waals surface area contributed by atoms with Gasteiger partial charge in [-0.15, -0.1) is 0 Å². The van der Waals surface area contributed by atoms with E-state index < -0.39 is 27.4 Å². The summed E-state index contributed by atoms with van der Waals surface area (Å²) >= 11 is 0. The minimum absolute atomic E-state index is 0.0481. The van der Waals surface area contributed by atoms with E-state index in [0.717, 1.165) is 0 Å². The number of hydrogen-bond donors (Lipinski definition) is 2. The smallest absolute Gasteiger partial charge is 0.328 e. The van der Waals surface area contributed by atoms with Gasteiger partial charge in [-0.3, -0.25) is 4.79 Å². The van der Waals surface area contributed by atoms with Gasteiger partial charge < -0.3 is 10.4 Å². The molecule has 0 aliphatic heterocycles. The van der Waals surface area contributed by atoms with Crippen molar-refractivity contribution < 1.29 is 23.1 Å². The van der Waals surface area contributed by atoms with E-state index >= 15 is 0 Å². The van der Waals surface area contributed by atoms with Crippen LogP contribution in [0.5, 0.6) is 0 Å². The topological polar surface area (TPSA) is 104 Å². The number of rotatable bonds is 7. The van der Waals surface area contributed by atoms with Gasteiger partial charge in [0.2, 0.25) is 10.0 Å². The standard InChI is InChI=1S/C16H24N2O5S/c1-6-18(7-2)24(22,23)13-10-12(9-8-11(13)3)14(19)17-16(4,5)15(20)21/h8-10H,6-7H2,1-5H3,(H,17,19)(H,20,21). The van der Waals surface area contributed by atoms with Crippen LogP contribution in [0.25, 0.3) is 0 Å². The van der Waals surface area contributed by atoms with Gasteiger partial charge in [0, 0.05) is 18.7 Å². The highest BCUT2D eigenvalue weighted by molar-refractivity contribution is 7.89. The van der Waals surface area contributed by atoms with Crippen molar-refractivity contribution in [2.45, 2.75) is 45.1 Å². The highest BCUT2D eigenvalue weighted by Crippen LogP contribution is 2.21. The first kappa shape index (κ1) is 20.1. The van der Waals surface area contributed by atoms with Crippen molar-refractivity contribution in [1.29, 1.82) is 0 Å². The van der Waals surface area contributed by atoms with Crippen LogP contribution in [-0.2, 0) is 14.8 Å². The number of carbonyl (C=O) groups excluding carboxylic acids is 1.